The van der Waals surface area contributed by atoms with Gasteiger partial charge in [0.05, 0.1) is 0 Å². The molecule has 0 radical (unpaired) electrons. The Hall–Kier alpha value is -0.920. The van der Waals surface area contributed by atoms with Gasteiger partial charge in [-0.2, -0.15) is 0 Å². The first-order valence-corrected chi connectivity index (χ1v) is 5.00. The normalized spacial score (nSPS) is 10.7. The second kappa shape index (κ2) is 8.21. The van der Waals surface area contributed by atoms with Crippen LogP contribution in [0.1, 0.15) is 5.56 Å². The number of aliphatic imine (C=N–C) groups is 1. The Morgan fingerprint density at radius 2 is 1.88 bits per heavy atom. The molecule has 0 aromatic heterocycles. The fourth-order valence-corrected chi connectivity index (χ4v) is 1.36. The summed E-state index contributed by atoms with van der Waals surface area (Å²) >= 11 is 0. The molecular formula is C11H16F2IN3. The summed E-state index contributed by atoms with van der Waals surface area (Å²) in [5.41, 5.74) is 0.0987. The zero-order chi connectivity index (χ0) is 12.0. The first-order chi connectivity index (χ1) is 7.69. The van der Waals surface area contributed by atoms with Crippen molar-refractivity contribution in [3.63, 3.8) is 0 Å². The molecule has 96 valence electrons. The van der Waals surface area contributed by atoms with Gasteiger partial charge in [-0.1, -0.05) is 6.07 Å². The lowest BCUT2D eigenvalue weighted by molar-refractivity contribution is 0.553. The number of benzene rings is 1. The molecule has 0 aliphatic carbocycles. The zero-order valence-electron chi connectivity index (χ0n) is 9.76. The van der Waals surface area contributed by atoms with E-state index in [4.69, 9.17) is 0 Å². The lowest BCUT2D eigenvalue weighted by Crippen LogP contribution is -2.36. The molecule has 0 unspecified atom stereocenters. The summed E-state index contributed by atoms with van der Waals surface area (Å²) in [5, 5.41) is 5.75. The summed E-state index contributed by atoms with van der Waals surface area (Å²) in [4.78, 5) is 3.89. The average Bonchev–Trinajstić information content (AvgIpc) is 2.28. The predicted octanol–water partition coefficient (Wildman–Crippen LogP) is 1.92. The second-order valence-corrected chi connectivity index (χ2v) is 3.20. The van der Waals surface area contributed by atoms with Crippen molar-refractivity contribution in [3.8, 4) is 0 Å². The van der Waals surface area contributed by atoms with E-state index < -0.39 is 11.6 Å². The van der Waals surface area contributed by atoms with Crippen molar-refractivity contribution in [1.29, 1.82) is 0 Å². The molecule has 0 fully saturated rings. The highest BCUT2D eigenvalue weighted by molar-refractivity contribution is 14.0. The molecule has 1 rings (SSSR count). The minimum absolute atomic E-state index is 0. The monoisotopic (exact) mass is 355 g/mol. The first-order valence-electron chi connectivity index (χ1n) is 5.00. The topological polar surface area (TPSA) is 36.4 Å². The summed E-state index contributed by atoms with van der Waals surface area (Å²) in [5.74, 6) is -0.431. The van der Waals surface area contributed by atoms with Crippen molar-refractivity contribution in [1.82, 2.24) is 10.6 Å². The van der Waals surface area contributed by atoms with E-state index in [1.165, 1.54) is 18.2 Å². The van der Waals surface area contributed by atoms with Crippen LogP contribution >= 0.6 is 24.0 Å². The van der Waals surface area contributed by atoms with Crippen LogP contribution < -0.4 is 10.6 Å². The van der Waals surface area contributed by atoms with Crippen LogP contribution in [0, 0.1) is 11.6 Å². The summed E-state index contributed by atoms with van der Waals surface area (Å²) in [7, 11) is 3.35. The third-order valence-corrected chi connectivity index (χ3v) is 2.19. The van der Waals surface area contributed by atoms with Gasteiger partial charge in [0.2, 0.25) is 0 Å². The molecule has 0 spiro atoms. The minimum Gasteiger partial charge on any atom is -0.359 e. The highest BCUT2D eigenvalue weighted by atomic mass is 127. The Balaban J connectivity index is 0.00000256. The van der Waals surface area contributed by atoms with Crippen molar-refractivity contribution < 1.29 is 8.78 Å². The highest BCUT2D eigenvalue weighted by Crippen LogP contribution is 2.11. The summed E-state index contributed by atoms with van der Waals surface area (Å²) in [6, 6.07) is 3.87. The molecule has 0 aliphatic heterocycles. The van der Waals surface area contributed by atoms with E-state index in [0.717, 1.165) is 0 Å². The molecular weight excluding hydrogens is 339 g/mol. The van der Waals surface area contributed by atoms with Crippen molar-refractivity contribution in [2.45, 2.75) is 6.42 Å². The van der Waals surface area contributed by atoms with Crippen molar-refractivity contribution in [2.24, 2.45) is 4.99 Å². The Labute approximate surface area is 117 Å². The standard InChI is InChI=1S/C11H15F2N3.HI/c1-14-11(15-2)16-7-6-8-9(12)4-3-5-10(8)13;/h3-5H,6-7H2,1-2H3,(H2,14,15,16);1H. The molecule has 1 aromatic rings. The maximum atomic E-state index is 13.2. The smallest absolute Gasteiger partial charge is 0.190 e. The van der Waals surface area contributed by atoms with Crippen LogP contribution in [-0.2, 0) is 6.42 Å². The van der Waals surface area contributed by atoms with Gasteiger partial charge in [-0.3, -0.25) is 4.99 Å². The third kappa shape index (κ3) is 4.84. The molecule has 0 aliphatic rings. The van der Waals surface area contributed by atoms with E-state index in [-0.39, 0.29) is 36.0 Å². The van der Waals surface area contributed by atoms with Crippen LogP contribution in [0.25, 0.3) is 0 Å². The number of hydrogen-bond acceptors (Lipinski definition) is 1. The van der Waals surface area contributed by atoms with Gasteiger partial charge in [0.25, 0.3) is 0 Å². The van der Waals surface area contributed by atoms with Crippen molar-refractivity contribution in [2.75, 3.05) is 20.6 Å². The zero-order valence-corrected chi connectivity index (χ0v) is 12.1. The minimum atomic E-state index is -0.513. The fraction of sp³-hybridized carbons (Fsp3) is 0.364. The van der Waals surface area contributed by atoms with E-state index in [1.54, 1.807) is 14.1 Å². The van der Waals surface area contributed by atoms with Gasteiger partial charge >= 0.3 is 0 Å². The Morgan fingerprint density at radius 3 is 2.35 bits per heavy atom. The molecule has 3 nitrogen and oxygen atoms in total. The Bertz CT molecular complexity index is 363. The van der Waals surface area contributed by atoms with Crippen LogP contribution in [0.3, 0.4) is 0 Å². The summed E-state index contributed by atoms with van der Waals surface area (Å²) in [6.07, 6.45) is 0.277. The molecule has 0 amide bonds. The summed E-state index contributed by atoms with van der Waals surface area (Å²) < 4.78 is 26.5. The van der Waals surface area contributed by atoms with Crippen LogP contribution in [-0.4, -0.2) is 26.6 Å². The Morgan fingerprint density at radius 1 is 1.29 bits per heavy atom. The van der Waals surface area contributed by atoms with E-state index >= 15 is 0 Å². The van der Waals surface area contributed by atoms with E-state index in [9.17, 15) is 8.78 Å². The van der Waals surface area contributed by atoms with Crippen LogP contribution in [0.4, 0.5) is 8.78 Å². The van der Waals surface area contributed by atoms with E-state index in [1.807, 2.05) is 0 Å². The van der Waals surface area contributed by atoms with Crippen LogP contribution in [0.15, 0.2) is 23.2 Å². The number of rotatable bonds is 3. The number of nitrogens with one attached hydrogen (secondary N) is 2. The van der Waals surface area contributed by atoms with Gasteiger partial charge in [-0.25, -0.2) is 8.78 Å². The maximum absolute atomic E-state index is 13.2. The van der Waals surface area contributed by atoms with Crippen LogP contribution in [0.5, 0.6) is 0 Å². The number of hydrogen-bond donors (Lipinski definition) is 2. The van der Waals surface area contributed by atoms with Crippen molar-refractivity contribution >= 4 is 29.9 Å². The van der Waals surface area contributed by atoms with E-state index in [2.05, 4.69) is 15.6 Å². The van der Waals surface area contributed by atoms with Crippen LogP contribution in [0.2, 0.25) is 0 Å². The largest absolute Gasteiger partial charge is 0.359 e. The molecule has 6 heteroatoms. The van der Waals surface area contributed by atoms with Gasteiger partial charge in [0, 0.05) is 26.2 Å². The van der Waals surface area contributed by atoms with Gasteiger partial charge in [-0.05, 0) is 18.6 Å². The van der Waals surface area contributed by atoms with E-state index in [0.29, 0.717) is 12.5 Å². The molecule has 1 aromatic carbocycles. The van der Waals surface area contributed by atoms with Gasteiger partial charge in [-0.15, -0.1) is 24.0 Å². The lowest BCUT2D eigenvalue weighted by atomic mass is 10.1. The molecule has 0 saturated carbocycles. The Kier molecular flexibility index (Phi) is 7.77. The predicted molar refractivity (Wildman–Crippen MR) is 75.9 cm³/mol. The number of guanidine groups is 1. The number of halogens is 3. The van der Waals surface area contributed by atoms with Gasteiger partial charge in [0.15, 0.2) is 5.96 Å². The average molecular weight is 355 g/mol. The maximum Gasteiger partial charge on any atom is 0.190 e. The number of nitrogens with zero attached hydrogens (tertiary/aromatic N) is 1. The quantitative estimate of drug-likeness (QED) is 0.494. The molecule has 17 heavy (non-hydrogen) atoms. The summed E-state index contributed by atoms with van der Waals surface area (Å²) in [6.45, 7) is 0.422. The SMILES string of the molecule is CN=C(NC)NCCc1c(F)cccc1F.I. The molecule has 0 bridgehead atoms. The van der Waals surface area contributed by atoms with Crippen molar-refractivity contribution in [3.05, 3.63) is 35.4 Å². The third-order valence-electron chi connectivity index (χ3n) is 2.19. The second-order valence-electron chi connectivity index (χ2n) is 3.20. The lowest BCUT2D eigenvalue weighted by Gasteiger charge is -2.09. The fourth-order valence-electron chi connectivity index (χ4n) is 1.36. The molecule has 0 saturated heterocycles. The molecule has 2 N–H and O–H groups in total. The van der Waals surface area contributed by atoms with Gasteiger partial charge < -0.3 is 10.6 Å². The van der Waals surface area contributed by atoms with Gasteiger partial charge in [0.1, 0.15) is 11.6 Å². The highest BCUT2D eigenvalue weighted by Gasteiger charge is 2.07. The first kappa shape index (κ1) is 16.1. The molecule has 0 atom stereocenters. The molecule has 0 heterocycles.